The first-order valence-electron chi connectivity index (χ1n) is 6.16. The fourth-order valence-electron chi connectivity index (χ4n) is 2.11. The lowest BCUT2D eigenvalue weighted by atomic mass is 10.2. The van der Waals surface area contributed by atoms with E-state index in [9.17, 15) is 5.11 Å². The molecule has 0 unspecified atom stereocenters. The number of nitrogens with zero attached hydrogens (tertiary/aromatic N) is 4. The molecule has 0 atom stereocenters. The van der Waals surface area contributed by atoms with Gasteiger partial charge in [0.25, 0.3) is 0 Å². The molecule has 0 saturated carbocycles. The van der Waals surface area contributed by atoms with Crippen LogP contribution in [0, 0.1) is 0 Å². The Morgan fingerprint density at radius 2 is 1.79 bits per heavy atom. The summed E-state index contributed by atoms with van der Waals surface area (Å²) in [4.78, 5) is 8.57. The first-order valence-corrected chi connectivity index (χ1v) is 6.16. The third-order valence-electron chi connectivity index (χ3n) is 2.97. The minimum absolute atomic E-state index is 0.114. The van der Waals surface area contributed by atoms with Gasteiger partial charge in [-0.15, -0.1) is 0 Å². The second-order valence-corrected chi connectivity index (χ2v) is 4.63. The number of aromatic hydroxyl groups is 1. The highest BCUT2D eigenvalue weighted by Gasteiger charge is 2.18. The Balaban J connectivity index is 2.34. The maximum Gasteiger partial charge on any atom is 0.143 e. The van der Waals surface area contributed by atoms with Gasteiger partial charge in [-0.25, -0.2) is 0 Å². The van der Waals surface area contributed by atoms with E-state index in [1.807, 2.05) is 16.8 Å². The summed E-state index contributed by atoms with van der Waals surface area (Å²) in [6, 6.07) is 7.36. The lowest BCUT2D eigenvalue weighted by Crippen LogP contribution is -2.02. The number of hydrogen-bond acceptors (Lipinski definition) is 4. The van der Waals surface area contributed by atoms with Crippen LogP contribution in [0.3, 0.4) is 0 Å². The number of pyridine rings is 2. The minimum Gasteiger partial charge on any atom is -0.506 e. The molecular weight excluding hydrogens is 240 g/mol. The summed E-state index contributed by atoms with van der Waals surface area (Å²) in [6.07, 6.45) is 3.36. The number of aromatic nitrogens is 4. The summed E-state index contributed by atoms with van der Waals surface area (Å²) in [5.41, 5.74) is 2.77. The van der Waals surface area contributed by atoms with Gasteiger partial charge in [0, 0.05) is 18.4 Å². The highest BCUT2D eigenvalue weighted by atomic mass is 16.3. The van der Waals surface area contributed by atoms with E-state index < -0.39 is 0 Å². The lowest BCUT2D eigenvalue weighted by Gasteiger charge is -2.05. The fourth-order valence-corrected chi connectivity index (χ4v) is 2.11. The molecule has 5 heteroatoms. The summed E-state index contributed by atoms with van der Waals surface area (Å²) < 4.78 is 1.89. The van der Waals surface area contributed by atoms with E-state index >= 15 is 0 Å². The van der Waals surface area contributed by atoms with Gasteiger partial charge < -0.3 is 5.11 Å². The predicted molar refractivity (Wildman–Crippen MR) is 72.8 cm³/mol. The molecular formula is C14H14N4O. The number of rotatable bonds is 2. The van der Waals surface area contributed by atoms with Crippen LogP contribution >= 0.6 is 0 Å². The molecule has 3 aromatic heterocycles. The Labute approximate surface area is 110 Å². The average molecular weight is 254 g/mol. The molecule has 96 valence electrons. The van der Waals surface area contributed by atoms with Crippen LogP contribution in [0.1, 0.15) is 19.9 Å². The standard InChI is InChI=1S/C14H14N4O/c1-9(2)18-10-5-3-7-15-12(10)14(17-18)13-11(19)6-4-8-16-13/h3-9,19H,1-2H3. The molecule has 0 aliphatic rings. The van der Waals surface area contributed by atoms with E-state index in [-0.39, 0.29) is 11.8 Å². The Morgan fingerprint density at radius 1 is 1.05 bits per heavy atom. The molecule has 5 nitrogen and oxygen atoms in total. The van der Waals surface area contributed by atoms with Crippen molar-refractivity contribution in [2.24, 2.45) is 0 Å². The molecule has 0 bridgehead atoms. The van der Waals surface area contributed by atoms with Crippen molar-refractivity contribution in [2.75, 3.05) is 0 Å². The van der Waals surface area contributed by atoms with Crippen molar-refractivity contribution in [3.05, 3.63) is 36.7 Å². The topological polar surface area (TPSA) is 63.8 Å². The zero-order chi connectivity index (χ0) is 13.4. The van der Waals surface area contributed by atoms with Crippen LogP contribution < -0.4 is 0 Å². The molecule has 3 aromatic rings. The van der Waals surface area contributed by atoms with Crippen molar-refractivity contribution in [2.45, 2.75) is 19.9 Å². The fraction of sp³-hybridized carbons (Fsp3) is 0.214. The van der Waals surface area contributed by atoms with Gasteiger partial charge in [0.05, 0.1) is 5.52 Å². The zero-order valence-corrected chi connectivity index (χ0v) is 10.8. The lowest BCUT2D eigenvalue weighted by molar-refractivity contribution is 0.474. The van der Waals surface area contributed by atoms with Crippen molar-refractivity contribution < 1.29 is 5.11 Å². The average Bonchev–Trinajstić information content (AvgIpc) is 2.79. The van der Waals surface area contributed by atoms with E-state index in [0.717, 1.165) is 11.0 Å². The van der Waals surface area contributed by atoms with E-state index in [1.54, 1.807) is 24.5 Å². The highest BCUT2D eigenvalue weighted by Crippen LogP contribution is 2.31. The molecule has 0 amide bonds. The minimum atomic E-state index is 0.114. The number of hydrogen-bond donors (Lipinski definition) is 1. The normalized spacial score (nSPS) is 11.3. The molecule has 19 heavy (non-hydrogen) atoms. The van der Waals surface area contributed by atoms with E-state index in [0.29, 0.717) is 11.4 Å². The van der Waals surface area contributed by atoms with Gasteiger partial charge in [-0.3, -0.25) is 14.6 Å². The molecule has 0 aliphatic heterocycles. The van der Waals surface area contributed by atoms with Crippen LogP contribution in [-0.4, -0.2) is 24.9 Å². The van der Waals surface area contributed by atoms with Crippen molar-refractivity contribution in [1.82, 2.24) is 19.7 Å². The van der Waals surface area contributed by atoms with Gasteiger partial charge in [-0.1, -0.05) is 0 Å². The Kier molecular flexibility index (Phi) is 2.67. The summed E-state index contributed by atoms with van der Waals surface area (Å²) in [7, 11) is 0. The summed E-state index contributed by atoms with van der Waals surface area (Å²) in [5.74, 6) is 0.114. The van der Waals surface area contributed by atoms with E-state index in [4.69, 9.17) is 0 Å². The van der Waals surface area contributed by atoms with Gasteiger partial charge in [-0.2, -0.15) is 5.10 Å². The third-order valence-corrected chi connectivity index (χ3v) is 2.97. The van der Waals surface area contributed by atoms with Crippen molar-refractivity contribution in [1.29, 1.82) is 0 Å². The van der Waals surface area contributed by atoms with Gasteiger partial charge >= 0.3 is 0 Å². The molecule has 0 radical (unpaired) electrons. The predicted octanol–water partition coefficient (Wildman–Crippen LogP) is 2.78. The van der Waals surface area contributed by atoms with Crippen molar-refractivity contribution in [3.63, 3.8) is 0 Å². The first-order chi connectivity index (χ1) is 9.18. The van der Waals surface area contributed by atoms with E-state index in [2.05, 4.69) is 28.9 Å². The summed E-state index contributed by atoms with van der Waals surface area (Å²) in [5, 5.41) is 14.5. The van der Waals surface area contributed by atoms with Crippen molar-refractivity contribution in [3.8, 4) is 17.1 Å². The smallest absolute Gasteiger partial charge is 0.143 e. The molecule has 1 N–H and O–H groups in total. The van der Waals surface area contributed by atoms with Crippen LogP contribution in [-0.2, 0) is 0 Å². The third kappa shape index (κ3) is 1.83. The quantitative estimate of drug-likeness (QED) is 0.763. The second-order valence-electron chi connectivity index (χ2n) is 4.63. The van der Waals surface area contributed by atoms with Gasteiger partial charge in [-0.05, 0) is 38.1 Å². The monoisotopic (exact) mass is 254 g/mol. The van der Waals surface area contributed by atoms with Gasteiger partial charge in [0.1, 0.15) is 22.7 Å². The molecule has 0 aliphatic carbocycles. The zero-order valence-electron chi connectivity index (χ0n) is 10.8. The van der Waals surface area contributed by atoms with Gasteiger partial charge in [0.15, 0.2) is 0 Å². The highest BCUT2D eigenvalue weighted by molar-refractivity contribution is 5.90. The number of fused-ring (bicyclic) bond motifs is 1. The SMILES string of the molecule is CC(C)n1nc(-c2ncccc2O)c2ncccc21. The first kappa shape index (κ1) is 11.6. The van der Waals surface area contributed by atoms with Crippen LogP contribution in [0.25, 0.3) is 22.4 Å². The molecule has 3 rings (SSSR count). The van der Waals surface area contributed by atoms with Crippen LogP contribution in [0.4, 0.5) is 0 Å². The van der Waals surface area contributed by atoms with Crippen LogP contribution in [0.15, 0.2) is 36.7 Å². The largest absolute Gasteiger partial charge is 0.506 e. The van der Waals surface area contributed by atoms with Crippen molar-refractivity contribution >= 4 is 11.0 Å². The Hall–Kier alpha value is -2.43. The molecule has 0 fully saturated rings. The maximum absolute atomic E-state index is 9.93. The second kappa shape index (κ2) is 4.35. The molecule has 0 saturated heterocycles. The summed E-state index contributed by atoms with van der Waals surface area (Å²) in [6.45, 7) is 4.11. The molecule has 3 heterocycles. The van der Waals surface area contributed by atoms with Gasteiger partial charge in [0.2, 0.25) is 0 Å². The summed E-state index contributed by atoms with van der Waals surface area (Å²) >= 11 is 0. The molecule has 0 aromatic carbocycles. The van der Waals surface area contributed by atoms with E-state index in [1.165, 1.54) is 0 Å². The Morgan fingerprint density at radius 3 is 2.53 bits per heavy atom. The van der Waals surface area contributed by atoms with Crippen LogP contribution in [0.5, 0.6) is 5.75 Å². The Bertz CT molecular complexity index is 733. The maximum atomic E-state index is 9.93. The van der Waals surface area contributed by atoms with Crippen LogP contribution in [0.2, 0.25) is 0 Å². The molecule has 0 spiro atoms.